The van der Waals surface area contributed by atoms with Crippen molar-refractivity contribution in [3.05, 3.63) is 58.4 Å². The first-order valence-electron chi connectivity index (χ1n) is 8.75. The van der Waals surface area contributed by atoms with Crippen LogP contribution < -0.4 is 0 Å². The molecule has 0 amide bonds. The van der Waals surface area contributed by atoms with Crippen LogP contribution in [-0.2, 0) is 5.75 Å². The van der Waals surface area contributed by atoms with Crippen LogP contribution in [0, 0.1) is 6.92 Å². The standard InChI is InChI=1S/C20H20N4S3/c1-13(2)24-18(17-8-5-9-25-17)22-23-20(24)27-12-16-11-26-19(21-16)15-7-4-6-14(3)10-15/h4-11,13H,12H2,1-3H3. The van der Waals surface area contributed by atoms with Gasteiger partial charge in [0.05, 0.1) is 10.6 Å². The van der Waals surface area contributed by atoms with Crippen molar-refractivity contribution < 1.29 is 0 Å². The van der Waals surface area contributed by atoms with E-state index in [4.69, 9.17) is 4.98 Å². The first-order chi connectivity index (χ1) is 13.1. The Labute approximate surface area is 171 Å². The summed E-state index contributed by atoms with van der Waals surface area (Å²) in [6, 6.07) is 12.9. The van der Waals surface area contributed by atoms with Crippen LogP contribution in [-0.4, -0.2) is 19.7 Å². The lowest BCUT2D eigenvalue weighted by Crippen LogP contribution is -2.04. The fraction of sp³-hybridized carbons (Fsp3) is 0.250. The monoisotopic (exact) mass is 412 g/mol. The van der Waals surface area contributed by atoms with Gasteiger partial charge in [0, 0.05) is 22.7 Å². The zero-order valence-electron chi connectivity index (χ0n) is 15.4. The first kappa shape index (κ1) is 18.4. The Bertz CT molecular complexity index is 1030. The molecule has 7 heteroatoms. The van der Waals surface area contributed by atoms with Crippen LogP contribution in [0.1, 0.15) is 31.1 Å². The molecule has 27 heavy (non-hydrogen) atoms. The fourth-order valence-corrected chi connectivity index (χ4v) is 5.42. The van der Waals surface area contributed by atoms with Crippen molar-refractivity contribution in [1.82, 2.24) is 19.7 Å². The lowest BCUT2D eigenvalue weighted by molar-refractivity contribution is 0.555. The molecule has 0 saturated heterocycles. The predicted octanol–water partition coefficient (Wildman–Crippen LogP) is 6.31. The van der Waals surface area contributed by atoms with Gasteiger partial charge in [-0.2, -0.15) is 0 Å². The molecule has 0 aliphatic carbocycles. The molecule has 0 bridgehead atoms. The lowest BCUT2D eigenvalue weighted by atomic mass is 10.1. The summed E-state index contributed by atoms with van der Waals surface area (Å²) in [5.41, 5.74) is 3.52. The van der Waals surface area contributed by atoms with E-state index in [0.29, 0.717) is 6.04 Å². The van der Waals surface area contributed by atoms with Crippen molar-refractivity contribution in [1.29, 1.82) is 0 Å². The Morgan fingerprint density at radius 2 is 2.00 bits per heavy atom. The largest absolute Gasteiger partial charge is 0.299 e. The van der Waals surface area contributed by atoms with Crippen LogP contribution >= 0.6 is 34.4 Å². The van der Waals surface area contributed by atoms with Crippen molar-refractivity contribution in [2.45, 2.75) is 37.7 Å². The molecule has 4 aromatic rings. The van der Waals surface area contributed by atoms with Gasteiger partial charge in [-0.1, -0.05) is 41.6 Å². The molecule has 0 unspecified atom stereocenters. The molecule has 0 aliphatic heterocycles. The van der Waals surface area contributed by atoms with Crippen LogP contribution in [0.2, 0.25) is 0 Å². The van der Waals surface area contributed by atoms with E-state index in [1.165, 1.54) is 11.1 Å². The molecule has 0 aliphatic rings. The number of benzene rings is 1. The number of thiophene rings is 1. The number of aromatic nitrogens is 4. The van der Waals surface area contributed by atoms with Gasteiger partial charge in [0.25, 0.3) is 0 Å². The summed E-state index contributed by atoms with van der Waals surface area (Å²) in [6.07, 6.45) is 0. The SMILES string of the molecule is Cc1cccc(-c2nc(CSc3nnc(-c4cccs4)n3C(C)C)cs2)c1. The smallest absolute Gasteiger partial charge is 0.192 e. The summed E-state index contributed by atoms with van der Waals surface area (Å²) in [6.45, 7) is 6.45. The molecule has 0 atom stereocenters. The lowest BCUT2D eigenvalue weighted by Gasteiger charge is -2.12. The normalized spacial score (nSPS) is 11.4. The third-order valence-electron chi connectivity index (χ3n) is 4.09. The second kappa shape index (κ2) is 7.96. The van der Waals surface area contributed by atoms with E-state index in [2.05, 4.69) is 76.6 Å². The van der Waals surface area contributed by atoms with Crippen LogP contribution in [0.25, 0.3) is 21.3 Å². The maximum absolute atomic E-state index is 4.81. The van der Waals surface area contributed by atoms with Crippen molar-refractivity contribution >= 4 is 34.4 Å². The molecule has 0 fully saturated rings. The first-order valence-corrected chi connectivity index (χ1v) is 11.5. The van der Waals surface area contributed by atoms with Gasteiger partial charge in [0.1, 0.15) is 5.01 Å². The predicted molar refractivity (Wildman–Crippen MR) is 116 cm³/mol. The van der Waals surface area contributed by atoms with Gasteiger partial charge in [0.2, 0.25) is 0 Å². The van der Waals surface area contributed by atoms with Crippen LogP contribution in [0.4, 0.5) is 0 Å². The minimum Gasteiger partial charge on any atom is -0.299 e. The van der Waals surface area contributed by atoms with Crippen molar-refractivity contribution in [2.75, 3.05) is 0 Å². The van der Waals surface area contributed by atoms with Crippen molar-refractivity contribution in [3.63, 3.8) is 0 Å². The molecule has 4 rings (SSSR count). The summed E-state index contributed by atoms with van der Waals surface area (Å²) in [5.74, 6) is 1.73. The average Bonchev–Trinajstić information content (AvgIpc) is 3.39. The maximum Gasteiger partial charge on any atom is 0.192 e. The van der Waals surface area contributed by atoms with Crippen molar-refractivity contribution in [2.24, 2.45) is 0 Å². The van der Waals surface area contributed by atoms with E-state index in [1.807, 2.05) is 6.07 Å². The van der Waals surface area contributed by atoms with Gasteiger partial charge in [-0.15, -0.1) is 32.9 Å². The summed E-state index contributed by atoms with van der Waals surface area (Å²) < 4.78 is 2.21. The average molecular weight is 413 g/mol. The number of hydrogen-bond donors (Lipinski definition) is 0. The minimum absolute atomic E-state index is 0.304. The van der Waals surface area contributed by atoms with Gasteiger partial charge in [0.15, 0.2) is 11.0 Å². The Balaban J connectivity index is 1.53. The molecule has 0 N–H and O–H groups in total. The maximum atomic E-state index is 4.81. The van der Waals surface area contributed by atoms with Crippen LogP contribution in [0.15, 0.2) is 52.3 Å². The van der Waals surface area contributed by atoms with Gasteiger partial charge >= 0.3 is 0 Å². The molecule has 0 spiro atoms. The molecular formula is C20H20N4S3. The molecule has 1 aromatic carbocycles. The third kappa shape index (κ3) is 4.00. The Morgan fingerprint density at radius 1 is 1.11 bits per heavy atom. The van der Waals surface area contributed by atoms with Crippen molar-refractivity contribution in [3.8, 4) is 21.3 Å². The highest BCUT2D eigenvalue weighted by atomic mass is 32.2. The molecule has 0 saturated carbocycles. The molecule has 138 valence electrons. The zero-order valence-corrected chi connectivity index (χ0v) is 17.9. The Kier molecular flexibility index (Phi) is 5.43. The minimum atomic E-state index is 0.304. The van der Waals surface area contributed by atoms with E-state index < -0.39 is 0 Å². The molecular weight excluding hydrogens is 392 g/mol. The number of thiazole rings is 1. The second-order valence-electron chi connectivity index (χ2n) is 6.55. The van der Waals surface area contributed by atoms with Gasteiger partial charge in [-0.3, -0.25) is 4.57 Å². The highest BCUT2D eigenvalue weighted by Gasteiger charge is 2.18. The van der Waals surface area contributed by atoms with Crippen LogP contribution in [0.3, 0.4) is 0 Å². The summed E-state index contributed by atoms with van der Waals surface area (Å²) >= 11 is 5.09. The van der Waals surface area contributed by atoms with E-state index >= 15 is 0 Å². The molecule has 3 aromatic heterocycles. The Hall–Kier alpha value is -1.96. The number of aryl methyl sites for hydroxylation is 1. The number of hydrogen-bond acceptors (Lipinski definition) is 6. The highest BCUT2D eigenvalue weighted by molar-refractivity contribution is 7.98. The van der Waals surface area contributed by atoms with Gasteiger partial charge in [-0.25, -0.2) is 4.98 Å². The Morgan fingerprint density at radius 3 is 2.74 bits per heavy atom. The van der Waals surface area contributed by atoms with E-state index in [9.17, 15) is 0 Å². The second-order valence-corrected chi connectivity index (χ2v) is 9.30. The van der Waals surface area contributed by atoms with E-state index in [0.717, 1.165) is 32.3 Å². The van der Waals surface area contributed by atoms with E-state index in [-0.39, 0.29) is 0 Å². The van der Waals surface area contributed by atoms with Gasteiger partial charge < -0.3 is 0 Å². The summed E-state index contributed by atoms with van der Waals surface area (Å²) in [5, 5.41) is 15.1. The highest BCUT2D eigenvalue weighted by Crippen LogP contribution is 2.32. The molecule has 4 nitrogen and oxygen atoms in total. The zero-order chi connectivity index (χ0) is 18.8. The third-order valence-corrected chi connectivity index (χ3v) is 6.87. The summed E-state index contributed by atoms with van der Waals surface area (Å²) in [4.78, 5) is 5.96. The quantitative estimate of drug-likeness (QED) is 0.348. The number of rotatable bonds is 6. The summed E-state index contributed by atoms with van der Waals surface area (Å²) in [7, 11) is 0. The number of thioether (sulfide) groups is 1. The van der Waals surface area contributed by atoms with Gasteiger partial charge in [-0.05, 0) is 38.3 Å². The molecule has 3 heterocycles. The topological polar surface area (TPSA) is 43.6 Å². The van der Waals surface area contributed by atoms with E-state index in [1.54, 1.807) is 34.4 Å². The fourth-order valence-electron chi connectivity index (χ4n) is 2.84. The van der Waals surface area contributed by atoms with Crippen LogP contribution in [0.5, 0.6) is 0 Å². The molecule has 0 radical (unpaired) electrons. The number of nitrogens with zero attached hydrogens (tertiary/aromatic N) is 4.